The van der Waals surface area contributed by atoms with Gasteiger partial charge in [-0.3, -0.25) is 9.78 Å². The van der Waals surface area contributed by atoms with Gasteiger partial charge in [0.25, 0.3) is 0 Å². The van der Waals surface area contributed by atoms with Crippen LogP contribution in [0.3, 0.4) is 0 Å². The molecule has 6 heteroatoms. The minimum atomic E-state index is 0.126. The zero-order valence-corrected chi connectivity index (χ0v) is 16.7. The zero-order valence-electron chi connectivity index (χ0n) is 16.7. The van der Waals surface area contributed by atoms with E-state index in [9.17, 15) is 4.79 Å². The van der Waals surface area contributed by atoms with Crippen LogP contribution in [0.4, 0.5) is 5.69 Å². The molecule has 2 aromatic heterocycles. The topological polar surface area (TPSA) is 54.3 Å². The van der Waals surface area contributed by atoms with E-state index < -0.39 is 0 Å². The van der Waals surface area contributed by atoms with E-state index in [1.807, 2.05) is 51.9 Å². The SMILES string of the molecule is O=C(Cn1c(-c2ccncc2)nc2ccccc21)N1CCN(c2ccccc2)CC1. The van der Waals surface area contributed by atoms with Crippen molar-refractivity contribution in [3.8, 4) is 11.4 Å². The van der Waals surface area contributed by atoms with Crippen LogP contribution in [0, 0.1) is 0 Å². The fourth-order valence-corrected chi connectivity index (χ4v) is 4.05. The third-order valence-electron chi connectivity index (χ3n) is 5.64. The van der Waals surface area contributed by atoms with Gasteiger partial charge in [0.05, 0.1) is 11.0 Å². The molecule has 2 aromatic carbocycles. The summed E-state index contributed by atoms with van der Waals surface area (Å²) in [4.78, 5) is 26.4. The van der Waals surface area contributed by atoms with Crippen molar-refractivity contribution in [1.82, 2.24) is 19.4 Å². The lowest BCUT2D eigenvalue weighted by Gasteiger charge is -2.36. The molecule has 0 spiro atoms. The summed E-state index contributed by atoms with van der Waals surface area (Å²) < 4.78 is 2.02. The van der Waals surface area contributed by atoms with Crippen molar-refractivity contribution in [2.45, 2.75) is 6.54 Å². The molecule has 5 rings (SSSR count). The highest BCUT2D eigenvalue weighted by Gasteiger charge is 2.23. The summed E-state index contributed by atoms with van der Waals surface area (Å²) in [5.74, 6) is 0.927. The molecule has 30 heavy (non-hydrogen) atoms. The van der Waals surface area contributed by atoms with Gasteiger partial charge in [0.2, 0.25) is 5.91 Å². The number of nitrogens with zero attached hydrogens (tertiary/aromatic N) is 5. The van der Waals surface area contributed by atoms with E-state index in [4.69, 9.17) is 4.98 Å². The summed E-state index contributed by atoms with van der Waals surface area (Å²) in [6.45, 7) is 3.43. The fourth-order valence-electron chi connectivity index (χ4n) is 4.05. The summed E-state index contributed by atoms with van der Waals surface area (Å²) in [5.41, 5.74) is 4.04. The minimum absolute atomic E-state index is 0.126. The number of amides is 1. The first-order valence-electron chi connectivity index (χ1n) is 10.2. The quantitative estimate of drug-likeness (QED) is 0.529. The molecule has 3 heterocycles. The Morgan fingerprint density at radius 3 is 2.30 bits per heavy atom. The first-order valence-corrected chi connectivity index (χ1v) is 10.2. The smallest absolute Gasteiger partial charge is 0.242 e. The molecule has 0 saturated carbocycles. The van der Waals surface area contributed by atoms with Crippen molar-refractivity contribution in [1.29, 1.82) is 0 Å². The monoisotopic (exact) mass is 397 g/mol. The van der Waals surface area contributed by atoms with Gasteiger partial charge in [-0.2, -0.15) is 0 Å². The second-order valence-corrected chi connectivity index (χ2v) is 7.45. The van der Waals surface area contributed by atoms with Crippen LogP contribution in [-0.4, -0.2) is 51.5 Å². The van der Waals surface area contributed by atoms with Crippen LogP contribution in [0.25, 0.3) is 22.4 Å². The molecule has 1 aliphatic heterocycles. The van der Waals surface area contributed by atoms with E-state index >= 15 is 0 Å². The molecule has 4 aromatic rings. The van der Waals surface area contributed by atoms with Gasteiger partial charge < -0.3 is 14.4 Å². The second-order valence-electron chi connectivity index (χ2n) is 7.45. The normalized spacial score (nSPS) is 14.3. The standard InChI is InChI=1S/C24H23N5O/c30-23(28-16-14-27(15-17-28)20-6-2-1-3-7-20)18-29-22-9-5-4-8-21(22)26-24(29)19-10-12-25-13-11-19/h1-13H,14-18H2. The lowest BCUT2D eigenvalue weighted by molar-refractivity contribution is -0.132. The predicted octanol–water partition coefficient (Wildman–Crippen LogP) is 3.45. The van der Waals surface area contributed by atoms with Crippen molar-refractivity contribution >= 4 is 22.6 Å². The Hall–Kier alpha value is -3.67. The highest BCUT2D eigenvalue weighted by Crippen LogP contribution is 2.25. The highest BCUT2D eigenvalue weighted by atomic mass is 16.2. The molecule has 1 amide bonds. The maximum absolute atomic E-state index is 13.2. The van der Waals surface area contributed by atoms with Crippen LogP contribution in [0.15, 0.2) is 79.1 Å². The lowest BCUT2D eigenvalue weighted by Crippen LogP contribution is -2.49. The number of carbonyl (C=O) groups is 1. The first kappa shape index (κ1) is 18.4. The molecular formula is C24H23N5O. The number of hydrogen-bond donors (Lipinski definition) is 0. The van der Waals surface area contributed by atoms with Crippen LogP contribution in [-0.2, 0) is 11.3 Å². The van der Waals surface area contributed by atoms with Gasteiger partial charge in [-0.05, 0) is 36.4 Å². The lowest BCUT2D eigenvalue weighted by atomic mass is 10.2. The Bertz CT molecular complexity index is 1150. The Kier molecular flexibility index (Phi) is 4.89. The number of aromatic nitrogens is 3. The van der Waals surface area contributed by atoms with Crippen molar-refractivity contribution in [2.75, 3.05) is 31.1 Å². The number of carbonyl (C=O) groups excluding carboxylic acids is 1. The molecule has 0 aliphatic carbocycles. The number of pyridine rings is 1. The van der Waals surface area contributed by atoms with Gasteiger partial charge in [0.15, 0.2) is 0 Å². The molecule has 6 nitrogen and oxygen atoms in total. The van der Waals surface area contributed by atoms with E-state index in [1.165, 1.54) is 5.69 Å². The summed E-state index contributed by atoms with van der Waals surface area (Å²) in [5, 5.41) is 0. The minimum Gasteiger partial charge on any atom is -0.368 e. The molecule has 150 valence electrons. The first-order chi connectivity index (χ1) is 14.8. The van der Waals surface area contributed by atoms with Crippen LogP contribution in [0.5, 0.6) is 0 Å². The summed E-state index contributed by atoms with van der Waals surface area (Å²) in [6, 6.07) is 22.2. The van der Waals surface area contributed by atoms with Gasteiger partial charge in [0, 0.05) is 49.8 Å². The van der Waals surface area contributed by atoms with E-state index in [1.54, 1.807) is 12.4 Å². The third-order valence-corrected chi connectivity index (χ3v) is 5.64. The van der Waals surface area contributed by atoms with E-state index in [0.717, 1.165) is 48.6 Å². The average Bonchev–Trinajstić information content (AvgIpc) is 3.19. The Morgan fingerprint density at radius 2 is 1.53 bits per heavy atom. The molecule has 1 saturated heterocycles. The predicted molar refractivity (Wildman–Crippen MR) is 118 cm³/mol. The number of piperazine rings is 1. The molecule has 1 aliphatic rings. The second kappa shape index (κ2) is 7.99. The van der Waals surface area contributed by atoms with Crippen molar-refractivity contribution < 1.29 is 4.79 Å². The Balaban J connectivity index is 1.36. The summed E-state index contributed by atoms with van der Waals surface area (Å²) in [7, 11) is 0. The van der Waals surface area contributed by atoms with Crippen LogP contribution in [0.1, 0.15) is 0 Å². The van der Waals surface area contributed by atoms with E-state index in [0.29, 0.717) is 0 Å². The largest absolute Gasteiger partial charge is 0.368 e. The molecule has 0 unspecified atom stereocenters. The van der Waals surface area contributed by atoms with Gasteiger partial charge in [-0.25, -0.2) is 4.98 Å². The van der Waals surface area contributed by atoms with Gasteiger partial charge in [0.1, 0.15) is 12.4 Å². The third kappa shape index (κ3) is 3.52. The average molecular weight is 397 g/mol. The molecule has 0 atom stereocenters. The van der Waals surface area contributed by atoms with Crippen molar-refractivity contribution in [2.24, 2.45) is 0 Å². The number of fused-ring (bicyclic) bond motifs is 1. The van der Waals surface area contributed by atoms with Gasteiger partial charge in [-0.1, -0.05) is 30.3 Å². The number of benzene rings is 2. The van der Waals surface area contributed by atoms with Gasteiger partial charge >= 0.3 is 0 Å². The van der Waals surface area contributed by atoms with Crippen LogP contribution >= 0.6 is 0 Å². The van der Waals surface area contributed by atoms with Crippen LogP contribution in [0.2, 0.25) is 0 Å². The Labute approximate surface area is 175 Å². The van der Waals surface area contributed by atoms with Crippen molar-refractivity contribution in [3.05, 3.63) is 79.1 Å². The zero-order chi connectivity index (χ0) is 20.3. The fraction of sp³-hybridized carbons (Fsp3) is 0.208. The number of para-hydroxylation sites is 3. The highest BCUT2D eigenvalue weighted by molar-refractivity contribution is 5.84. The van der Waals surface area contributed by atoms with Crippen LogP contribution < -0.4 is 4.90 Å². The molecule has 0 N–H and O–H groups in total. The maximum Gasteiger partial charge on any atom is 0.242 e. The van der Waals surface area contributed by atoms with E-state index in [2.05, 4.69) is 34.1 Å². The molecule has 0 bridgehead atoms. The molecular weight excluding hydrogens is 374 g/mol. The number of rotatable bonds is 4. The Morgan fingerprint density at radius 1 is 0.833 bits per heavy atom. The summed E-state index contributed by atoms with van der Waals surface area (Å²) in [6.07, 6.45) is 3.51. The molecule has 1 fully saturated rings. The number of imidazole rings is 1. The van der Waals surface area contributed by atoms with Crippen molar-refractivity contribution in [3.63, 3.8) is 0 Å². The number of anilines is 1. The van der Waals surface area contributed by atoms with E-state index in [-0.39, 0.29) is 12.5 Å². The molecule has 0 radical (unpaired) electrons. The van der Waals surface area contributed by atoms with Gasteiger partial charge in [-0.15, -0.1) is 0 Å². The summed E-state index contributed by atoms with van der Waals surface area (Å²) >= 11 is 0. The number of hydrogen-bond acceptors (Lipinski definition) is 4. The maximum atomic E-state index is 13.2.